The standard InChI is InChI=1S/C17H27NO2S/c1-3-18-17(10-7-13-21(19,20)4-2)16-12-11-14-8-5-6-9-15(14)16/h5-6,8-9,16-18H,3-4,7,10-13H2,1-2H3. The lowest BCUT2D eigenvalue weighted by Crippen LogP contribution is -2.34. The first-order chi connectivity index (χ1) is 10.1. The van der Waals surface area contributed by atoms with E-state index in [1.54, 1.807) is 6.92 Å². The molecule has 118 valence electrons. The Morgan fingerprint density at radius 1 is 1.29 bits per heavy atom. The smallest absolute Gasteiger partial charge is 0.150 e. The van der Waals surface area contributed by atoms with Gasteiger partial charge in [-0.25, -0.2) is 8.42 Å². The third kappa shape index (κ3) is 4.30. The van der Waals surface area contributed by atoms with E-state index < -0.39 is 9.84 Å². The number of fused-ring (bicyclic) bond motifs is 1. The number of aryl methyl sites for hydroxylation is 1. The maximum Gasteiger partial charge on any atom is 0.150 e. The van der Waals surface area contributed by atoms with E-state index in [-0.39, 0.29) is 5.75 Å². The summed E-state index contributed by atoms with van der Waals surface area (Å²) in [6, 6.07) is 9.07. The minimum Gasteiger partial charge on any atom is -0.314 e. The number of nitrogens with one attached hydrogen (secondary N) is 1. The summed E-state index contributed by atoms with van der Waals surface area (Å²) in [6.07, 6.45) is 4.02. The Morgan fingerprint density at radius 2 is 2.05 bits per heavy atom. The molecule has 1 aliphatic rings. The molecular formula is C17H27NO2S. The number of benzene rings is 1. The molecule has 0 bridgehead atoms. The fourth-order valence-electron chi connectivity index (χ4n) is 3.38. The molecule has 0 saturated carbocycles. The van der Waals surface area contributed by atoms with Crippen LogP contribution in [0.1, 0.15) is 50.2 Å². The van der Waals surface area contributed by atoms with Crippen LogP contribution in [0, 0.1) is 0 Å². The number of hydrogen-bond acceptors (Lipinski definition) is 3. The van der Waals surface area contributed by atoms with Gasteiger partial charge in [-0.05, 0) is 49.3 Å². The van der Waals surface area contributed by atoms with Crippen LogP contribution < -0.4 is 5.32 Å². The molecule has 0 radical (unpaired) electrons. The Labute approximate surface area is 129 Å². The van der Waals surface area contributed by atoms with Gasteiger partial charge >= 0.3 is 0 Å². The fourth-order valence-corrected chi connectivity index (χ4v) is 4.28. The first-order valence-electron chi connectivity index (χ1n) is 8.09. The molecule has 0 amide bonds. The number of sulfone groups is 1. The van der Waals surface area contributed by atoms with Gasteiger partial charge in [0.05, 0.1) is 5.75 Å². The second-order valence-corrected chi connectivity index (χ2v) is 8.36. The summed E-state index contributed by atoms with van der Waals surface area (Å²) in [5, 5.41) is 3.57. The van der Waals surface area contributed by atoms with Crippen LogP contribution in [-0.4, -0.2) is 32.5 Å². The summed E-state index contributed by atoms with van der Waals surface area (Å²) in [6.45, 7) is 4.78. The number of likely N-dealkylation sites (N-methyl/N-ethyl adjacent to an activating group) is 1. The maximum absolute atomic E-state index is 11.6. The highest BCUT2D eigenvalue weighted by Gasteiger charge is 2.28. The monoisotopic (exact) mass is 309 g/mol. The van der Waals surface area contributed by atoms with Crippen molar-refractivity contribution in [2.24, 2.45) is 0 Å². The highest BCUT2D eigenvalue weighted by Crippen LogP contribution is 2.36. The van der Waals surface area contributed by atoms with Crippen molar-refractivity contribution in [2.45, 2.75) is 51.5 Å². The molecule has 1 aromatic carbocycles. The summed E-state index contributed by atoms with van der Waals surface area (Å²) in [5.74, 6) is 1.11. The van der Waals surface area contributed by atoms with Crippen LogP contribution >= 0.6 is 0 Å². The SMILES string of the molecule is CCNC(CCCS(=O)(=O)CC)C1CCc2ccccc21. The predicted molar refractivity (Wildman–Crippen MR) is 88.5 cm³/mol. The maximum atomic E-state index is 11.6. The van der Waals surface area contributed by atoms with E-state index in [4.69, 9.17) is 0 Å². The summed E-state index contributed by atoms with van der Waals surface area (Å²) in [5.41, 5.74) is 2.92. The number of rotatable bonds is 8. The van der Waals surface area contributed by atoms with Crippen molar-refractivity contribution in [2.75, 3.05) is 18.1 Å². The Morgan fingerprint density at radius 3 is 2.76 bits per heavy atom. The summed E-state index contributed by atoms with van der Waals surface area (Å²) >= 11 is 0. The van der Waals surface area contributed by atoms with Gasteiger partial charge < -0.3 is 5.32 Å². The first kappa shape index (κ1) is 16.5. The average molecular weight is 309 g/mol. The molecule has 0 fully saturated rings. The lowest BCUT2D eigenvalue weighted by atomic mass is 9.90. The van der Waals surface area contributed by atoms with Crippen LogP contribution in [0.4, 0.5) is 0 Å². The van der Waals surface area contributed by atoms with E-state index in [0.717, 1.165) is 25.8 Å². The molecule has 0 aliphatic heterocycles. The topological polar surface area (TPSA) is 46.2 Å². The third-order valence-electron chi connectivity index (χ3n) is 4.54. The van der Waals surface area contributed by atoms with Crippen LogP contribution in [0.5, 0.6) is 0 Å². The zero-order valence-electron chi connectivity index (χ0n) is 13.1. The van der Waals surface area contributed by atoms with E-state index in [9.17, 15) is 8.42 Å². The molecule has 0 saturated heterocycles. The molecule has 1 aliphatic carbocycles. The molecule has 0 aromatic heterocycles. The quantitative estimate of drug-likeness (QED) is 0.803. The van der Waals surface area contributed by atoms with Gasteiger partial charge in [-0.15, -0.1) is 0 Å². The molecule has 4 heteroatoms. The average Bonchev–Trinajstić information content (AvgIpc) is 2.90. The van der Waals surface area contributed by atoms with Crippen molar-refractivity contribution in [3.8, 4) is 0 Å². The molecule has 1 aromatic rings. The Bertz CT molecular complexity index is 554. The van der Waals surface area contributed by atoms with E-state index in [2.05, 4.69) is 36.5 Å². The summed E-state index contributed by atoms with van der Waals surface area (Å²) < 4.78 is 23.3. The first-order valence-corrected chi connectivity index (χ1v) is 9.91. The van der Waals surface area contributed by atoms with Gasteiger partial charge in [0, 0.05) is 11.8 Å². The Kier molecular flexibility index (Phi) is 5.82. The molecule has 0 heterocycles. The lowest BCUT2D eigenvalue weighted by molar-refractivity contribution is 0.410. The summed E-state index contributed by atoms with van der Waals surface area (Å²) in [4.78, 5) is 0. The van der Waals surface area contributed by atoms with Crippen LogP contribution in [0.25, 0.3) is 0 Å². The van der Waals surface area contributed by atoms with Gasteiger partial charge in [-0.3, -0.25) is 0 Å². The lowest BCUT2D eigenvalue weighted by Gasteiger charge is -2.25. The molecule has 3 nitrogen and oxygen atoms in total. The number of hydrogen-bond donors (Lipinski definition) is 1. The third-order valence-corrected chi connectivity index (χ3v) is 6.33. The molecule has 21 heavy (non-hydrogen) atoms. The van der Waals surface area contributed by atoms with Crippen LogP contribution in [-0.2, 0) is 16.3 Å². The van der Waals surface area contributed by atoms with E-state index in [1.165, 1.54) is 17.5 Å². The van der Waals surface area contributed by atoms with Crippen molar-refractivity contribution in [3.05, 3.63) is 35.4 Å². The van der Waals surface area contributed by atoms with Crippen molar-refractivity contribution < 1.29 is 8.42 Å². The Balaban J connectivity index is 2.00. The largest absolute Gasteiger partial charge is 0.314 e. The van der Waals surface area contributed by atoms with Gasteiger partial charge in [0.1, 0.15) is 9.84 Å². The fraction of sp³-hybridized carbons (Fsp3) is 0.647. The predicted octanol–water partition coefficient (Wildman–Crippen LogP) is 2.91. The van der Waals surface area contributed by atoms with Gasteiger partial charge in [0.2, 0.25) is 0 Å². The minimum absolute atomic E-state index is 0.255. The van der Waals surface area contributed by atoms with Crippen molar-refractivity contribution in [1.82, 2.24) is 5.32 Å². The Hall–Kier alpha value is -0.870. The summed E-state index contributed by atoms with van der Waals surface area (Å²) in [7, 11) is -2.84. The van der Waals surface area contributed by atoms with E-state index >= 15 is 0 Å². The molecular weight excluding hydrogens is 282 g/mol. The minimum atomic E-state index is -2.84. The molecule has 2 unspecified atom stereocenters. The highest BCUT2D eigenvalue weighted by molar-refractivity contribution is 7.91. The molecule has 1 N–H and O–H groups in total. The van der Waals surface area contributed by atoms with Crippen molar-refractivity contribution in [1.29, 1.82) is 0 Å². The van der Waals surface area contributed by atoms with Gasteiger partial charge in [0.15, 0.2) is 0 Å². The van der Waals surface area contributed by atoms with Gasteiger partial charge in [-0.2, -0.15) is 0 Å². The normalized spacial score (nSPS) is 19.4. The second-order valence-electron chi connectivity index (χ2n) is 5.89. The van der Waals surface area contributed by atoms with Crippen LogP contribution in [0.2, 0.25) is 0 Å². The highest BCUT2D eigenvalue weighted by atomic mass is 32.2. The molecule has 2 rings (SSSR count). The van der Waals surface area contributed by atoms with Crippen molar-refractivity contribution >= 4 is 9.84 Å². The van der Waals surface area contributed by atoms with Crippen molar-refractivity contribution in [3.63, 3.8) is 0 Å². The van der Waals surface area contributed by atoms with Crippen LogP contribution in [0.15, 0.2) is 24.3 Å². The van der Waals surface area contributed by atoms with E-state index in [0.29, 0.717) is 17.7 Å². The zero-order valence-corrected chi connectivity index (χ0v) is 14.0. The molecule has 0 spiro atoms. The van der Waals surface area contributed by atoms with E-state index in [1.807, 2.05) is 0 Å². The zero-order chi connectivity index (χ0) is 15.3. The molecule has 2 atom stereocenters. The van der Waals surface area contributed by atoms with Gasteiger partial charge in [-0.1, -0.05) is 38.1 Å². The second kappa shape index (κ2) is 7.41. The van der Waals surface area contributed by atoms with Crippen LogP contribution in [0.3, 0.4) is 0 Å². The van der Waals surface area contributed by atoms with Gasteiger partial charge in [0.25, 0.3) is 0 Å².